The maximum atomic E-state index is 11.5. The number of hydrogen-bond acceptors (Lipinski definition) is 2. The molecule has 2 N–H and O–H groups in total. The van der Waals surface area contributed by atoms with Crippen molar-refractivity contribution in [1.29, 1.82) is 0 Å². The van der Waals surface area contributed by atoms with E-state index in [0.717, 1.165) is 24.2 Å². The largest absolute Gasteiger partial charge is 0.384 e. The highest BCUT2D eigenvalue weighted by Gasteiger charge is 2.39. The van der Waals surface area contributed by atoms with Crippen molar-refractivity contribution in [2.45, 2.75) is 44.1 Å². The van der Waals surface area contributed by atoms with Crippen LogP contribution in [0.5, 0.6) is 0 Å². The number of nitrogens with one attached hydrogen (secondary N) is 1. The van der Waals surface area contributed by atoms with Gasteiger partial charge in [0.15, 0.2) is 0 Å². The smallest absolute Gasteiger partial charge is 0.109 e. The number of benzene rings is 1. The zero-order valence-corrected chi connectivity index (χ0v) is 12.8. The van der Waals surface area contributed by atoms with Crippen molar-refractivity contribution >= 4 is 11.6 Å². The summed E-state index contributed by atoms with van der Waals surface area (Å²) in [6.45, 7) is 0. The molecule has 21 heavy (non-hydrogen) atoms. The molecule has 1 aromatic heterocycles. The summed E-state index contributed by atoms with van der Waals surface area (Å²) < 4.78 is 0. The van der Waals surface area contributed by atoms with E-state index in [1.165, 1.54) is 19.3 Å². The minimum absolute atomic E-state index is 0.275. The molecule has 1 fully saturated rings. The van der Waals surface area contributed by atoms with E-state index in [0.29, 0.717) is 11.4 Å². The van der Waals surface area contributed by atoms with Crippen LogP contribution in [0.1, 0.15) is 43.5 Å². The van der Waals surface area contributed by atoms with Crippen LogP contribution in [-0.2, 0) is 12.0 Å². The lowest BCUT2D eigenvalue weighted by atomic mass is 9.71. The molecule has 0 amide bonds. The fourth-order valence-electron chi connectivity index (χ4n) is 3.45. The Morgan fingerprint density at radius 1 is 1.19 bits per heavy atom. The average Bonchev–Trinajstić information content (AvgIpc) is 3.01. The molecule has 1 heterocycles. The van der Waals surface area contributed by atoms with Crippen LogP contribution < -0.4 is 0 Å². The van der Waals surface area contributed by atoms with E-state index < -0.39 is 5.60 Å². The van der Waals surface area contributed by atoms with Gasteiger partial charge in [-0.05, 0) is 36.5 Å². The number of aromatic nitrogens is 2. The summed E-state index contributed by atoms with van der Waals surface area (Å²) >= 11 is 5.99. The molecule has 0 spiro atoms. The van der Waals surface area contributed by atoms with Crippen LogP contribution in [0.4, 0.5) is 0 Å². The van der Waals surface area contributed by atoms with E-state index in [4.69, 9.17) is 11.6 Å². The normalized spacial score (nSPS) is 19.3. The highest BCUT2D eigenvalue weighted by Crippen LogP contribution is 2.41. The van der Waals surface area contributed by atoms with Crippen LogP contribution in [0.15, 0.2) is 36.7 Å². The van der Waals surface area contributed by atoms with Crippen molar-refractivity contribution in [3.8, 4) is 0 Å². The van der Waals surface area contributed by atoms with Crippen LogP contribution in [0.2, 0.25) is 5.02 Å². The Bertz CT molecular complexity index is 561. The maximum Gasteiger partial charge on any atom is 0.109 e. The lowest BCUT2D eigenvalue weighted by Crippen LogP contribution is -2.39. The monoisotopic (exact) mass is 304 g/mol. The van der Waals surface area contributed by atoms with Crippen LogP contribution in [0.3, 0.4) is 0 Å². The van der Waals surface area contributed by atoms with Crippen molar-refractivity contribution in [2.75, 3.05) is 0 Å². The predicted octanol–water partition coefficient (Wildman–Crippen LogP) is 4.07. The molecular weight excluding hydrogens is 284 g/mol. The summed E-state index contributed by atoms with van der Waals surface area (Å²) in [5.74, 6) is 1.11. The molecule has 1 aromatic carbocycles. The quantitative estimate of drug-likeness (QED) is 0.894. The number of nitrogens with zero attached hydrogens (tertiary/aromatic N) is 1. The van der Waals surface area contributed by atoms with Crippen LogP contribution in [-0.4, -0.2) is 15.1 Å². The van der Waals surface area contributed by atoms with E-state index >= 15 is 0 Å². The maximum absolute atomic E-state index is 11.5. The van der Waals surface area contributed by atoms with Crippen molar-refractivity contribution in [3.05, 3.63) is 53.1 Å². The Hall–Kier alpha value is -1.32. The number of aliphatic hydroxyl groups is 1. The van der Waals surface area contributed by atoms with Gasteiger partial charge in [-0.15, -0.1) is 0 Å². The molecule has 1 aliphatic rings. The third kappa shape index (κ3) is 3.14. The Kier molecular flexibility index (Phi) is 4.32. The fraction of sp³-hybridized carbons (Fsp3) is 0.471. The zero-order valence-electron chi connectivity index (χ0n) is 12.1. The number of imidazole rings is 1. The van der Waals surface area contributed by atoms with Gasteiger partial charge in [0.1, 0.15) is 5.82 Å². The van der Waals surface area contributed by atoms with Crippen LogP contribution in [0.25, 0.3) is 0 Å². The fourth-order valence-corrected chi connectivity index (χ4v) is 3.58. The summed E-state index contributed by atoms with van der Waals surface area (Å²) in [4.78, 5) is 7.41. The van der Waals surface area contributed by atoms with E-state index in [1.54, 1.807) is 12.4 Å². The zero-order chi connectivity index (χ0) is 14.7. The van der Waals surface area contributed by atoms with Crippen molar-refractivity contribution in [1.82, 2.24) is 9.97 Å². The number of hydrogen-bond donors (Lipinski definition) is 2. The van der Waals surface area contributed by atoms with E-state index in [9.17, 15) is 5.11 Å². The second kappa shape index (κ2) is 6.20. The van der Waals surface area contributed by atoms with E-state index in [2.05, 4.69) is 9.97 Å². The standard InChI is InChI=1S/C17H21ClN2O/c18-15-8-6-14(7-9-15)17(21,12-16-19-10-11-20-16)13-4-2-1-3-5-13/h6-11,13,21H,1-5,12H2,(H,19,20). The second-order valence-electron chi connectivity index (χ2n) is 5.98. The van der Waals surface area contributed by atoms with Gasteiger partial charge in [-0.1, -0.05) is 43.0 Å². The first-order chi connectivity index (χ1) is 10.2. The summed E-state index contributed by atoms with van der Waals surface area (Å²) in [7, 11) is 0. The Morgan fingerprint density at radius 2 is 1.90 bits per heavy atom. The lowest BCUT2D eigenvalue weighted by molar-refractivity contribution is -0.0400. The highest BCUT2D eigenvalue weighted by molar-refractivity contribution is 6.30. The van der Waals surface area contributed by atoms with Crippen LogP contribution >= 0.6 is 11.6 Å². The van der Waals surface area contributed by atoms with E-state index in [-0.39, 0.29) is 5.92 Å². The molecule has 0 aliphatic heterocycles. The average molecular weight is 305 g/mol. The SMILES string of the molecule is OC(Cc1ncc[nH]1)(c1ccc(Cl)cc1)C1CCCCC1. The Balaban J connectivity index is 1.94. The Morgan fingerprint density at radius 3 is 2.52 bits per heavy atom. The molecule has 3 rings (SSSR count). The van der Waals surface area contributed by atoms with Gasteiger partial charge in [0, 0.05) is 23.8 Å². The summed E-state index contributed by atoms with van der Waals surface area (Å²) in [6, 6.07) is 7.60. The molecule has 0 radical (unpaired) electrons. The highest BCUT2D eigenvalue weighted by atomic mass is 35.5. The molecular formula is C17H21ClN2O. The molecule has 112 valence electrons. The molecule has 4 heteroatoms. The minimum Gasteiger partial charge on any atom is -0.384 e. The first-order valence-electron chi connectivity index (χ1n) is 7.65. The first-order valence-corrected chi connectivity index (χ1v) is 8.03. The van der Waals surface area contributed by atoms with Crippen LogP contribution in [0, 0.1) is 5.92 Å². The molecule has 0 bridgehead atoms. The number of halogens is 1. The second-order valence-corrected chi connectivity index (χ2v) is 6.42. The minimum atomic E-state index is -0.872. The van der Waals surface area contributed by atoms with E-state index in [1.807, 2.05) is 24.3 Å². The molecule has 2 aromatic rings. The van der Waals surface area contributed by atoms with Gasteiger partial charge in [-0.2, -0.15) is 0 Å². The van der Waals surface area contributed by atoms with Gasteiger partial charge < -0.3 is 10.1 Å². The van der Waals surface area contributed by atoms with Gasteiger partial charge in [-0.3, -0.25) is 0 Å². The molecule has 3 nitrogen and oxygen atoms in total. The summed E-state index contributed by atoms with van der Waals surface area (Å²) in [6.07, 6.45) is 9.86. The number of aromatic amines is 1. The molecule has 0 saturated heterocycles. The third-order valence-corrected chi connectivity index (χ3v) is 4.87. The van der Waals surface area contributed by atoms with Gasteiger partial charge in [0.05, 0.1) is 5.60 Å². The molecule has 1 saturated carbocycles. The molecule has 1 atom stereocenters. The van der Waals surface area contributed by atoms with Crippen molar-refractivity contribution in [2.24, 2.45) is 5.92 Å². The van der Waals surface area contributed by atoms with Gasteiger partial charge in [-0.25, -0.2) is 4.98 Å². The Labute approximate surface area is 130 Å². The van der Waals surface area contributed by atoms with Gasteiger partial charge in [0.2, 0.25) is 0 Å². The summed E-state index contributed by atoms with van der Waals surface area (Å²) in [5, 5.41) is 12.2. The molecule has 1 aliphatic carbocycles. The topological polar surface area (TPSA) is 48.9 Å². The van der Waals surface area contributed by atoms with Gasteiger partial charge in [0.25, 0.3) is 0 Å². The van der Waals surface area contributed by atoms with Crippen molar-refractivity contribution < 1.29 is 5.11 Å². The number of H-pyrrole nitrogens is 1. The molecule has 1 unspecified atom stereocenters. The summed E-state index contributed by atoms with van der Waals surface area (Å²) in [5.41, 5.74) is 0.0678. The predicted molar refractivity (Wildman–Crippen MR) is 84.2 cm³/mol. The lowest BCUT2D eigenvalue weighted by Gasteiger charge is -2.38. The number of rotatable bonds is 4. The third-order valence-electron chi connectivity index (χ3n) is 4.62. The van der Waals surface area contributed by atoms with Crippen molar-refractivity contribution in [3.63, 3.8) is 0 Å². The first kappa shape index (κ1) is 14.6. The van der Waals surface area contributed by atoms with Gasteiger partial charge >= 0.3 is 0 Å².